The van der Waals surface area contributed by atoms with Gasteiger partial charge in [-0.25, -0.2) is 0 Å². The Bertz CT molecular complexity index is 826. The number of benzene rings is 2. The van der Waals surface area contributed by atoms with Crippen molar-refractivity contribution in [3.05, 3.63) is 58.4 Å². The van der Waals surface area contributed by atoms with Crippen molar-refractivity contribution in [1.29, 1.82) is 0 Å². The van der Waals surface area contributed by atoms with Crippen LogP contribution < -0.4 is 4.74 Å². The molecule has 0 aliphatic rings. The molecule has 6 heteroatoms. The molecule has 0 unspecified atom stereocenters. The van der Waals surface area contributed by atoms with Crippen molar-refractivity contribution in [2.24, 2.45) is 0 Å². The van der Waals surface area contributed by atoms with Crippen LogP contribution in [0.25, 0.3) is 6.08 Å². The van der Waals surface area contributed by atoms with Gasteiger partial charge in [-0.3, -0.25) is 4.57 Å². The molecule has 0 aliphatic carbocycles. The third kappa shape index (κ3) is 5.20. The van der Waals surface area contributed by atoms with Crippen molar-refractivity contribution in [1.82, 2.24) is 0 Å². The van der Waals surface area contributed by atoms with Gasteiger partial charge in [-0.05, 0) is 72.9 Å². The van der Waals surface area contributed by atoms with Crippen LogP contribution in [-0.2, 0) is 4.57 Å². The van der Waals surface area contributed by atoms with Crippen LogP contribution in [0.4, 0.5) is 0 Å². The summed E-state index contributed by atoms with van der Waals surface area (Å²) >= 11 is 0. The van der Waals surface area contributed by atoms with Crippen molar-refractivity contribution < 1.29 is 24.2 Å². The molecule has 0 saturated heterocycles. The zero-order valence-electron chi connectivity index (χ0n) is 14.7. The van der Waals surface area contributed by atoms with Gasteiger partial charge in [0.1, 0.15) is 17.2 Å². The average Bonchev–Trinajstić information content (AvgIpc) is 2.49. The standard InChI is InChI=1S/C19H23O5P/c1-12(2)17-11-16(5-6-18(17)20)24-19-13(3)9-15(10-14(19)4)7-8-25(21,22)23/h5-12,20H,1-4H3,(H2,21,22,23). The molecule has 3 N–H and O–H groups in total. The lowest BCUT2D eigenvalue weighted by Gasteiger charge is -2.15. The maximum absolute atomic E-state index is 11.0. The molecule has 0 spiro atoms. The summed E-state index contributed by atoms with van der Waals surface area (Å²) in [6, 6.07) is 8.76. The molecule has 0 amide bonds. The molecular formula is C19H23O5P. The van der Waals surface area contributed by atoms with Gasteiger partial charge in [-0.1, -0.05) is 13.8 Å². The van der Waals surface area contributed by atoms with Gasteiger partial charge in [0.05, 0.1) is 0 Å². The monoisotopic (exact) mass is 362 g/mol. The number of aryl methyl sites for hydroxylation is 2. The van der Waals surface area contributed by atoms with Gasteiger partial charge in [0.25, 0.3) is 0 Å². The van der Waals surface area contributed by atoms with E-state index in [-0.39, 0.29) is 11.7 Å². The molecule has 0 radical (unpaired) electrons. The summed E-state index contributed by atoms with van der Waals surface area (Å²) in [6.07, 6.45) is 1.40. The van der Waals surface area contributed by atoms with Crippen molar-refractivity contribution >= 4 is 13.7 Å². The molecule has 0 fully saturated rings. The lowest BCUT2D eigenvalue weighted by molar-refractivity contribution is 0.386. The van der Waals surface area contributed by atoms with E-state index in [1.165, 1.54) is 6.08 Å². The summed E-state index contributed by atoms with van der Waals surface area (Å²) in [5.74, 6) is 2.62. The molecule has 2 aromatic carbocycles. The average molecular weight is 362 g/mol. The summed E-state index contributed by atoms with van der Waals surface area (Å²) in [5, 5.41) is 9.91. The van der Waals surface area contributed by atoms with Crippen LogP contribution in [0, 0.1) is 13.8 Å². The van der Waals surface area contributed by atoms with Crippen LogP contribution in [-0.4, -0.2) is 14.9 Å². The highest BCUT2D eigenvalue weighted by atomic mass is 31.2. The van der Waals surface area contributed by atoms with E-state index in [4.69, 9.17) is 14.5 Å². The first-order valence-corrected chi connectivity index (χ1v) is 9.61. The highest BCUT2D eigenvalue weighted by Crippen LogP contribution is 2.38. The van der Waals surface area contributed by atoms with Crippen molar-refractivity contribution in [2.45, 2.75) is 33.6 Å². The normalized spacial score (nSPS) is 12.1. The Morgan fingerprint density at radius 3 is 2.20 bits per heavy atom. The molecule has 134 valence electrons. The molecule has 0 saturated carbocycles. The van der Waals surface area contributed by atoms with Gasteiger partial charge in [-0.2, -0.15) is 0 Å². The Morgan fingerprint density at radius 2 is 1.68 bits per heavy atom. The minimum absolute atomic E-state index is 0.172. The molecule has 25 heavy (non-hydrogen) atoms. The van der Waals surface area contributed by atoms with Gasteiger partial charge >= 0.3 is 7.60 Å². The number of hydrogen-bond acceptors (Lipinski definition) is 3. The Hall–Kier alpha value is -2.07. The molecule has 5 nitrogen and oxygen atoms in total. The van der Waals surface area contributed by atoms with Gasteiger partial charge in [-0.15, -0.1) is 0 Å². The number of ether oxygens (including phenoxy) is 1. The lowest BCUT2D eigenvalue weighted by Crippen LogP contribution is -1.94. The number of hydrogen-bond donors (Lipinski definition) is 3. The smallest absolute Gasteiger partial charge is 0.349 e. The molecule has 2 aromatic rings. The van der Waals surface area contributed by atoms with E-state index in [9.17, 15) is 9.67 Å². The van der Waals surface area contributed by atoms with E-state index >= 15 is 0 Å². The predicted octanol–water partition coefficient (Wildman–Crippen LogP) is 5.07. The number of phenols is 1. The van der Waals surface area contributed by atoms with Crippen molar-refractivity contribution in [3.63, 3.8) is 0 Å². The first-order chi connectivity index (χ1) is 11.6. The van der Waals surface area contributed by atoms with E-state index in [1.807, 2.05) is 33.8 Å². The first kappa shape index (κ1) is 19.3. The number of aromatic hydroxyl groups is 1. The predicted molar refractivity (Wildman–Crippen MR) is 99.3 cm³/mol. The van der Waals surface area contributed by atoms with Crippen LogP contribution in [0.15, 0.2) is 36.1 Å². The maximum Gasteiger partial charge on any atom is 0.349 e. The molecule has 0 aromatic heterocycles. The SMILES string of the molecule is Cc1cc(C=CP(=O)(O)O)cc(C)c1Oc1ccc(O)c(C(C)C)c1. The van der Waals surface area contributed by atoms with E-state index in [1.54, 1.807) is 24.3 Å². The quantitative estimate of drug-likeness (QED) is 0.646. The van der Waals surface area contributed by atoms with Gasteiger partial charge in [0.15, 0.2) is 0 Å². The van der Waals surface area contributed by atoms with Crippen LogP contribution in [0.1, 0.15) is 42.0 Å². The second-order valence-electron chi connectivity index (χ2n) is 6.37. The summed E-state index contributed by atoms with van der Waals surface area (Å²) < 4.78 is 17.0. The van der Waals surface area contributed by atoms with E-state index < -0.39 is 7.60 Å². The minimum atomic E-state index is -4.18. The molecule has 0 atom stereocenters. The fourth-order valence-electron chi connectivity index (χ4n) is 2.60. The van der Waals surface area contributed by atoms with Crippen molar-refractivity contribution in [2.75, 3.05) is 0 Å². The second kappa shape index (κ2) is 7.44. The van der Waals surface area contributed by atoms with E-state index in [2.05, 4.69) is 0 Å². The Morgan fingerprint density at radius 1 is 1.08 bits per heavy atom. The third-order valence-electron chi connectivity index (χ3n) is 3.78. The highest BCUT2D eigenvalue weighted by Gasteiger charge is 2.12. The maximum atomic E-state index is 11.0. The van der Waals surface area contributed by atoms with Crippen LogP contribution in [0.3, 0.4) is 0 Å². The summed E-state index contributed by atoms with van der Waals surface area (Å²) in [5.41, 5.74) is 3.21. The molecule has 2 rings (SSSR count). The fraction of sp³-hybridized carbons (Fsp3) is 0.263. The van der Waals surface area contributed by atoms with Crippen LogP contribution in [0.5, 0.6) is 17.2 Å². The van der Waals surface area contributed by atoms with Crippen LogP contribution >= 0.6 is 7.60 Å². The third-order valence-corrected chi connectivity index (χ3v) is 4.32. The summed E-state index contributed by atoms with van der Waals surface area (Å²) in [7, 11) is -4.18. The van der Waals surface area contributed by atoms with E-state index in [0.29, 0.717) is 17.1 Å². The Kier molecular flexibility index (Phi) is 5.73. The Balaban J connectivity index is 2.34. The first-order valence-electron chi connectivity index (χ1n) is 7.93. The molecule has 0 heterocycles. The molecular weight excluding hydrogens is 339 g/mol. The lowest BCUT2D eigenvalue weighted by atomic mass is 10.0. The number of rotatable bonds is 5. The van der Waals surface area contributed by atoms with Crippen LogP contribution in [0.2, 0.25) is 0 Å². The minimum Gasteiger partial charge on any atom is -0.508 e. The zero-order chi connectivity index (χ0) is 18.8. The summed E-state index contributed by atoms with van der Waals surface area (Å²) in [4.78, 5) is 17.9. The zero-order valence-corrected chi connectivity index (χ0v) is 15.6. The Labute approximate surface area is 147 Å². The van der Waals surface area contributed by atoms with Gasteiger partial charge in [0.2, 0.25) is 0 Å². The molecule has 0 aliphatic heterocycles. The topological polar surface area (TPSA) is 87.0 Å². The van der Waals surface area contributed by atoms with Gasteiger partial charge in [0, 0.05) is 11.4 Å². The summed E-state index contributed by atoms with van der Waals surface area (Å²) in [6.45, 7) is 7.75. The number of phenolic OH excluding ortho intramolecular Hbond substituents is 1. The highest BCUT2D eigenvalue weighted by molar-refractivity contribution is 7.55. The largest absolute Gasteiger partial charge is 0.508 e. The fourth-order valence-corrected chi connectivity index (χ4v) is 2.97. The van der Waals surface area contributed by atoms with Gasteiger partial charge < -0.3 is 19.6 Å². The molecule has 0 bridgehead atoms. The second-order valence-corrected chi connectivity index (χ2v) is 7.84. The van der Waals surface area contributed by atoms with E-state index in [0.717, 1.165) is 22.5 Å². The van der Waals surface area contributed by atoms with Crippen molar-refractivity contribution in [3.8, 4) is 17.2 Å².